The molecular formula is C17H21N3O4. The van der Waals surface area contributed by atoms with Gasteiger partial charge in [-0.15, -0.1) is 0 Å². The summed E-state index contributed by atoms with van der Waals surface area (Å²) in [4.78, 5) is 39.0. The Morgan fingerprint density at radius 2 is 1.96 bits per heavy atom. The maximum atomic E-state index is 12.6. The Morgan fingerprint density at radius 1 is 1.21 bits per heavy atom. The van der Waals surface area contributed by atoms with Crippen LogP contribution in [-0.4, -0.2) is 60.0 Å². The number of carbonyl (C=O) groups excluding carboxylic acids is 3. The maximum Gasteiger partial charge on any atom is 0.410 e. The SMILES string of the molecule is CC(=O)Nc1cccc(C(=O)N2CCC(N3CCOC3=O)CC2)c1. The van der Waals surface area contributed by atoms with Crippen LogP contribution in [0, 0.1) is 0 Å². The molecule has 0 aliphatic carbocycles. The highest BCUT2D eigenvalue weighted by Gasteiger charge is 2.33. The molecule has 2 fully saturated rings. The van der Waals surface area contributed by atoms with Gasteiger partial charge in [0, 0.05) is 37.3 Å². The first-order valence-corrected chi connectivity index (χ1v) is 8.15. The summed E-state index contributed by atoms with van der Waals surface area (Å²) in [6.45, 7) is 3.74. The zero-order valence-electron chi connectivity index (χ0n) is 13.7. The summed E-state index contributed by atoms with van der Waals surface area (Å²) in [5.41, 5.74) is 1.17. The largest absolute Gasteiger partial charge is 0.448 e. The number of nitrogens with zero attached hydrogens (tertiary/aromatic N) is 2. The number of piperidine rings is 1. The molecule has 0 saturated carbocycles. The Balaban J connectivity index is 1.61. The van der Waals surface area contributed by atoms with E-state index in [4.69, 9.17) is 4.74 Å². The molecule has 1 aromatic rings. The van der Waals surface area contributed by atoms with Crippen molar-refractivity contribution >= 4 is 23.6 Å². The predicted molar refractivity (Wildman–Crippen MR) is 87.7 cm³/mol. The topological polar surface area (TPSA) is 79.0 Å². The molecule has 0 atom stereocenters. The third kappa shape index (κ3) is 3.50. The Hall–Kier alpha value is -2.57. The number of hydrogen-bond donors (Lipinski definition) is 1. The van der Waals surface area contributed by atoms with Crippen molar-refractivity contribution in [3.63, 3.8) is 0 Å². The third-order valence-corrected chi connectivity index (χ3v) is 4.41. The molecule has 2 aliphatic heterocycles. The zero-order chi connectivity index (χ0) is 17.1. The van der Waals surface area contributed by atoms with E-state index in [2.05, 4.69) is 5.32 Å². The number of benzene rings is 1. The van der Waals surface area contributed by atoms with E-state index in [0.717, 1.165) is 12.8 Å². The van der Waals surface area contributed by atoms with Crippen molar-refractivity contribution in [1.82, 2.24) is 9.80 Å². The van der Waals surface area contributed by atoms with Gasteiger partial charge in [0.15, 0.2) is 0 Å². The van der Waals surface area contributed by atoms with E-state index in [1.165, 1.54) is 6.92 Å². The van der Waals surface area contributed by atoms with Gasteiger partial charge in [0.25, 0.3) is 5.91 Å². The smallest absolute Gasteiger partial charge is 0.410 e. The van der Waals surface area contributed by atoms with E-state index in [0.29, 0.717) is 37.5 Å². The molecule has 3 rings (SSSR count). The summed E-state index contributed by atoms with van der Waals surface area (Å²) in [6, 6.07) is 7.09. The second kappa shape index (κ2) is 6.90. The molecule has 128 valence electrons. The average Bonchev–Trinajstić information content (AvgIpc) is 3.00. The van der Waals surface area contributed by atoms with Gasteiger partial charge in [-0.2, -0.15) is 0 Å². The lowest BCUT2D eigenvalue weighted by Crippen LogP contribution is -2.47. The molecular weight excluding hydrogens is 310 g/mol. The Morgan fingerprint density at radius 3 is 2.58 bits per heavy atom. The van der Waals surface area contributed by atoms with Crippen molar-refractivity contribution in [3.8, 4) is 0 Å². The zero-order valence-corrected chi connectivity index (χ0v) is 13.7. The summed E-state index contributed by atoms with van der Waals surface area (Å²) in [7, 11) is 0. The van der Waals surface area contributed by atoms with Crippen LogP contribution in [0.3, 0.4) is 0 Å². The van der Waals surface area contributed by atoms with Gasteiger partial charge in [-0.1, -0.05) is 6.07 Å². The van der Waals surface area contributed by atoms with E-state index in [1.54, 1.807) is 34.1 Å². The molecule has 0 radical (unpaired) electrons. The number of carbonyl (C=O) groups is 3. The van der Waals surface area contributed by atoms with Crippen LogP contribution in [0.4, 0.5) is 10.5 Å². The van der Waals surface area contributed by atoms with Gasteiger partial charge in [0.1, 0.15) is 6.61 Å². The van der Waals surface area contributed by atoms with Crippen molar-refractivity contribution in [2.75, 3.05) is 31.6 Å². The fraction of sp³-hybridized carbons (Fsp3) is 0.471. The molecule has 2 saturated heterocycles. The van der Waals surface area contributed by atoms with Gasteiger partial charge in [-0.3, -0.25) is 9.59 Å². The minimum Gasteiger partial charge on any atom is -0.448 e. The van der Waals surface area contributed by atoms with E-state index < -0.39 is 0 Å². The van der Waals surface area contributed by atoms with Crippen LogP contribution in [0.2, 0.25) is 0 Å². The molecule has 0 spiro atoms. The minimum absolute atomic E-state index is 0.0512. The van der Waals surface area contributed by atoms with Crippen LogP contribution in [0.15, 0.2) is 24.3 Å². The highest BCUT2D eigenvalue weighted by molar-refractivity contribution is 5.96. The average molecular weight is 331 g/mol. The summed E-state index contributed by atoms with van der Waals surface area (Å²) < 4.78 is 4.98. The van der Waals surface area contributed by atoms with Crippen molar-refractivity contribution < 1.29 is 19.1 Å². The number of anilines is 1. The summed E-state index contributed by atoms with van der Waals surface area (Å²) in [5, 5.41) is 2.68. The number of hydrogen-bond acceptors (Lipinski definition) is 4. The van der Waals surface area contributed by atoms with Crippen LogP contribution < -0.4 is 5.32 Å². The molecule has 7 nitrogen and oxygen atoms in total. The predicted octanol–water partition coefficient (Wildman–Crippen LogP) is 1.70. The number of cyclic esters (lactones) is 1. The molecule has 0 bridgehead atoms. The molecule has 0 aromatic heterocycles. The molecule has 2 aliphatic rings. The molecule has 7 heteroatoms. The van der Waals surface area contributed by atoms with E-state index in [9.17, 15) is 14.4 Å². The summed E-state index contributed by atoms with van der Waals surface area (Å²) in [5.74, 6) is -0.220. The van der Waals surface area contributed by atoms with Crippen molar-refractivity contribution in [1.29, 1.82) is 0 Å². The van der Waals surface area contributed by atoms with Gasteiger partial charge in [-0.25, -0.2) is 4.79 Å². The lowest BCUT2D eigenvalue weighted by molar-refractivity contribution is -0.114. The fourth-order valence-corrected chi connectivity index (χ4v) is 3.23. The first-order valence-electron chi connectivity index (χ1n) is 8.15. The van der Waals surface area contributed by atoms with Crippen LogP contribution in [0.5, 0.6) is 0 Å². The molecule has 24 heavy (non-hydrogen) atoms. The van der Waals surface area contributed by atoms with Crippen LogP contribution in [0.25, 0.3) is 0 Å². The normalized spacial score (nSPS) is 18.5. The van der Waals surface area contributed by atoms with Gasteiger partial charge >= 0.3 is 6.09 Å². The highest BCUT2D eigenvalue weighted by Crippen LogP contribution is 2.22. The summed E-state index contributed by atoms with van der Waals surface area (Å²) in [6.07, 6.45) is 1.26. The highest BCUT2D eigenvalue weighted by atomic mass is 16.6. The Labute approximate surface area is 140 Å². The quantitative estimate of drug-likeness (QED) is 0.914. The van der Waals surface area contributed by atoms with E-state index in [-0.39, 0.29) is 23.9 Å². The second-order valence-electron chi connectivity index (χ2n) is 6.09. The first kappa shape index (κ1) is 16.3. The van der Waals surface area contributed by atoms with Crippen LogP contribution >= 0.6 is 0 Å². The Kier molecular flexibility index (Phi) is 4.69. The molecule has 1 N–H and O–H groups in total. The molecule has 0 unspecified atom stereocenters. The molecule has 1 aromatic carbocycles. The molecule has 2 heterocycles. The lowest BCUT2D eigenvalue weighted by Gasteiger charge is -2.35. The number of amides is 3. The molecule has 3 amide bonds. The van der Waals surface area contributed by atoms with Gasteiger partial charge in [0.2, 0.25) is 5.91 Å². The monoisotopic (exact) mass is 331 g/mol. The second-order valence-corrected chi connectivity index (χ2v) is 6.09. The number of ether oxygens (including phenoxy) is 1. The minimum atomic E-state index is -0.247. The Bertz CT molecular complexity index is 653. The van der Waals surface area contributed by atoms with E-state index in [1.807, 2.05) is 0 Å². The maximum absolute atomic E-state index is 12.6. The lowest BCUT2D eigenvalue weighted by atomic mass is 10.0. The number of nitrogens with one attached hydrogen (secondary N) is 1. The van der Waals surface area contributed by atoms with Crippen molar-refractivity contribution in [2.45, 2.75) is 25.8 Å². The van der Waals surface area contributed by atoms with Gasteiger partial charge in [0.05, 0.1) is 6.54 Å². The van der Waals surface area contributed by atoms with Crippen LogP contribution in [0.1, 0.15) is 30.1 Å². The number of rotatable bonds is 3. The van der Waals surface area contributed by atoms with Gasteiger partial charge < -0.3 is 19.9 Å². The standard InChI is InChI=1S/C17H21N3O4/c1-12(21)18-14-4-2-3-13(11-14)16(22)19-7-5-15(6-8-19)20-9-10-24-17(20)23/h2-4,11,15H,5-10H2,1H3,(H,18,21). The van der Waals surface area contributed by atoms with E-state index >= 15 is 0 Å². The summed E-state index contributed by atoms with van der Waals surface area (Å²) >= 11 is 0. The van der Waals surface area contributed by atoms with Crippen molar-refractivity contribution in [3.05, 3.63) is 29.8 Å². The van der Waals surface area contributed by atoms with Crippen LogP contribution in [-0.2, 0) is 9.53 Å². The third-order valence-electron chi connectivity index (χ3n) is 4.41. The number of likely N-dealkylation sites (tertiary alicyclic amines) is 1. The first-order chi connectivity index (χ1) is 11.5. The van der Waals surface area contributed by atoms with Gasteiger partial charge in [-0.05, 0) is 31.0 Å². The fourth-order valence-electron chi connectivity index (χ4n) is 3.23. The van der Waals surface area contributed by atoms with Crippen molar-refractivity contribution in [2.24, 2.45) is 0 Å².